The maximum Gasteiger partial charge on any atom is 0.245 e. The van der Waals surface area contributed by atoms with E-state index in [2.05, 4.69) is 30.8 Å². The number of morpholine rings is 1. The fraction of sp³-hybridized carbons (Fsp3) is 0.214. The largest absolute Gasteiger partial charge is 0.508 e. The minimum atomic E-state index is -0.497. The number of nitrogens with one attached hydrogen (secondary N) is 2. The third-order valence-electron chi connectivity index (χ3n) is 6.14. The third kappa shape index (κ3) is 6.21. The number of hydrogen-bond acceptors (Lipinski definition) is 10. The van der Waals surface area contributed by atoms with Gasteiger partial charge < -0.3 is 25.2 Å². The molecule has 1 fully saturated rings. The van der Waals surface area contributed by atoms with Crippen molar-refractivity contribution in [1.82, 2.24) is 15.0 Å². The molecule has 5 rings (SSSR count). The Labute approximate surface area is 224 Å². The van der Waals surface area contributed by atoms with Gasteiger partial charge in [0.05, 0.1) is 42.7 Å². The predicted octanol–water partition coefficient (Wildman–Crippen LogP) is 4.68. The first-order valence-electron chi connectivity index (χ1n) is 12.5. The third-order valence-corrected chi connectivity index (χ3v) is 6.14. The van der Waals surface area contributed by atoms with Gasteiger partial charge in [-0.25, -0.2) is 19.8 Å². The molecule has 1 aliphatic rings. The molecule has 0 spiro atoms. The minimum absolute atomic E-state index is 0.0684. The van der Waals surface area contributed by atoms with Crippen LogP contribution in [-0.2, 0) is 11.2 Å². The number of halogens is 1. The molecule has 1 saturated heterocycles. The van der Waals surface area contributed by atoms with Crippen LogP contribution in [0.5, 0.6) is 11.5 Å². The summed E-state index contributed by atoms with van der Waals surface area (Å²) in [4.78, 5) is 14.7. The van der Waals surface area contributed by atoms with E-state index in [1.807, 2.05) is 30.0 Å². The van der Waals surface area contributed by atoms with Crippen molar-refractivity contribution in [3.8, 4) is 22.6 Å². The number of aryl methyl sites for hydroxylation is 1. The van der Waals surface area contributed by atoms with Gasteiger partial charge in [-0.2, -0.15) is 10.1 Å². The molecule has 0 amide bonds. The molecule has 0 aliphatic carbocycles. The van der Waals surface area contributed by atoms with Crippen LogP contribution in [0.4, 0.5) is 27.5 Å². The Morgan fingerprint density at radius 2 is 1.90 bits per heavy atom. The number of ether oxygens (including phenoxy) is 1. The predicted molar refractivity (Wildman–Crippen MR) is 148 cm³/mol. The second-order valence-electron chi connectivity index (χ2n) is 8.83. The van der Waals surface area contributed by atoms with E-state index in [-0.39, 0.29) is 23.3 Å². The number of benzene rings is 2. The van der Waals surface area contributed by atoms with Gasteiger partial charge in [-0.3, -0.25) is 0 Å². The van der Waals surface area contributed by atoms with Crippen LogP contribution in [0, 0.1) is 5.82 Å². The summed E-state index contributed by atoms with van der Waals surface area (Å²) in [7, 11) is 0. The summed E-state index contributed by atoms with van der Waals surface area (Å²) in [6.45, 7) is 4.13. The normalized spacial score (nSPS) is 13.5. The average molecular weight is 530 g/mol. The van der Waals surface area contributed by atoms with Crippen LogP contribution in [-0.4, -0.2) is 57.7 Å². The first-order valence-corrected chi connectivity index (χ1v) is 12.5. The molecular weight excluding hydrogens is 501 g/mol. The molecule has 11 heteroatoms. The molecule has 0 saturated carbocycles. The zero-order valence-electron chi connectivity index (χ0n) is 21.3. The lowest BCUT2D eigenvalue weighted by atomic mass is 10.0. The van der Waals surface area contributed by atoms with E-state index in [9.17, 15) is 14.6 Å². The van der Waals surface area contributed by atoms with Crippen LogP contribution >= 0.6 is 0 Å². The molecule has 0 bridgehead atoms. The first kappa shape index (κ1) is 25.9. The summed E-state index contributed by atoms with van der Waals surface area (Å²) in [5, 5.41) is 28.0. The number of pyridine rings is 1. The zero-order chi connectivity index (χ0) is 27.2. The van der Waals surface area contributed by atoms with Gasteiger partial charge in [0.2, 0.25) is 5.95 Å². The van der Waals surface area contributed by atoms with Crippen LogP contribution in [0.2, 0.25) is 0 Å². The van der Waals surface area contributed by atoms with Gasteiger partial charge >= 0.3 is 0 Å². The van der Waals surface area contributed by atoms with Crippen molar-refractivity contribution in [2.24, 2.45) is 5.10 Å². The number of hydrazone groups is 1. The highest BCUT2D eigenvalue weighted by atomic mass is 19.1. The Kier molecular flexibility index (Phi) is 7.78. The molecule has 3 heterocycles. The molecular formula is C28H28FN7O3. The van der Waals surface area contributed by atoms with Crippen molar-refractivity contribution in [1.29, 1.82) is 0 Å². The van der Waals surface area contributed by atoms with Crippen molar-refractivity contribution in [2.45, 2.75) is 13.3 Å². The number of rotatable bonds is 8. The van der Waals surface area contributed by atoms with Gasteiger partial charge in [0.1, 0.15) is 11.5 Å². The Hall–Kier alpha value is -4.77. The maximum absolute atomic E-state index is 14.3. The Balaban J connectivity index is 1.30. The molecule has 0 unspecified atom stereocenters. The van der Waals surface area contributed by atoms with E-state index in [1.54, 1.807) is 36.4 Å². The molecule has 0 radical (unpaired) electrons. The lowest BCUT2D eigenvalue weighted by molar-refractivity contribution is 0.122. The number of aromatic nitrogens is 3. The number of phenols is 2. The number of nitrogens with zero attached hydrogens (tertiary/aromatic N) is 5. The summed E-state index contributed by atoms with van der Waals surface area (Å²) in [5.74, 6) is 0.0883. The summed E-state index contributed by atoms with van der Waals surface area (Å²) < 4.78 is 19.6. The molecule has 10 nitrogen and oxygen atoms in total. The lowest BCUT2D eigenvalue weighted by Crippen LogP contribution is -2.37. The molecule has 39 heavy (non-hydrogen) atoms. The molecule has 4 aromatic rings. The van der Waals surface area contributed by atoms with Gasteiger partial charge in [-0.1, -0.05) is 25.1 Å². The fourth-order valence-electron chi connectivity index (χ4n) is 4.25. The van der Waals surface area contributed by atoms with E-state index in [0.717, 1.165) is 17.6 Å². The molecule has 2 aromatic carbocycles. The highest BCUT2D eigenvalue weighted by molar-refractivity contribution is 5.80. The van der Waals surface area contributed by atoms with Crippen molar-refractivity contribution >= 4 is 29.4 Å². The van der Waals surface area contributed by atoms with Crippen molar-refractivity contribution in [2.75, 3.05) is 41.9 Å². The second-order valence-corrected chi connectivity index (χ2v) is 8.83. The summed E-state index contributed by atoms with van der Waals surface area (Å²) >= 11 is 0. The summed E-state index contributed by atoms with van der Waals surface area (Å²) in [6.07, 6.45) is 3.30. The van der Waals surface area contributed by atoms with Crippen LogP contribution in [0.25, 0.3) is 11.1 Å². The van der Waals surface area contributed by atoms with Crippen LogP contribution in [0.3, 0.4) is 0 Å². The van der Waals surface area contributed by atoms with Crippen molar-refractivity contribution in [3.63, 3.8) is 0 Å². The van der Waals surface area contributed by atoms with Gasteiger partial charge in [0.15, 0.2) is 11.6 Å². The average Bonchev–Trinajstić information content (AvgIpc) is 2.95. The fourth-order valence-corrected chi connectivity index (χ4v) is 4.25. The van der Waals surface area contributed by atoms with E-state index in [0.29, 0.717) is 55.2 Å². The van der Waals surface area contributed by atoms with E-state index in [4.69, 9.17) is 4.74 Å². The van der Waals surface area contributed by atoms with Crippen molar-refractivity contribution < 1.29 is 19.3 Å². The molecule has 1 aliphatic heterocycles. The van der Waals surface area contributed by atoms with Crippen LogP contribution in [0.1, 0.15) is 18.3 Å². The Morgan fingerprint density at radius 3 is 2.69 bits per heavy atom. The van der Waals surface area contributed by atoms with Gasteiger partial charge in [-0.05, 0) is 42.3 Å². The summed E-state index contributed by atoms with van der Waals surface area (Å²) in [6, 6.07) is 15.7. The first-order chi connectivity index (χ1) is 19.0. The lowest BCUT2D eigenvalue weighted by Gasteiger charge is -2.27. The molecule has 2 aromatic heterocycles. The van der Waals surface area contributed by atoms with Gasteiger partial charge in [0, 0.05) is 30.4 Å². The number of phenolic OH excluding ortho intramolecular Hbond substituents is 2. The monoisotopic (exact) mass is 529 g/mol. The molecule has 200 valence electrons. The van der Waals surface area contributed by atoms with Crippen molar-refractivity contribution in [3.05, 3.63) is 78.0 Å². The molecule has 0 atom stereocenters. The van der Waals surface area contributed by atoms with Gasteiger partial charge in [-0.15, -0.1) is 0 Å². The highest BCUT2D eigenvalue weighted by Crippen LogP contribution is 2.34. The minimum Gasteiger partial charge on any atom is -0.508 e. The van der Waals surface area contributed by atoms with Crippen LogP contribution < -0.4 is 15.6 Å². The highest BCUT2D eigenvalue weighted by Gasteiger charge is 2.17. The maximum atomic E-state index is 14.3. The second kappa shape index (κ2) is 11.7. The number of aromatic hydroxyl groups is 2. The quantitative estimate of drug-likeness (QED) is 0.190. The zero-order valence-corrected chi connectivity index (χ0v) is 21.3. The Bertz CT molecular complexity index is 1490. The SMILES string of the molecule is CCc1nc(/C=N/Nc2ncc(F)c(N3CCOCC3)n2)ccc1Nc1cc(O)cc(-c2ccccc2O)c1. The summed E-state index contributed by atoms with van der Waals surface area (Å²) in [5.41, 5.74) is 6.85. The molecule has 4 N–H and O–H groups in total. The van der Waals surface area contributed by atoms with Crippen LogP contribution in [0.15, 0.2) is 65.9 Å². The number of anilines is 4. The van der Waals surface area contributed by atoms with E-state index >= 15 is 0 Å². The Morgan fingerprint density at radius 1 is 1.08 bits per heavy atom. The van der Waals surface area contributed by atoms with Gasteiger partial charge in [0.25, 0.3) is 0 Å². The van der Waals surface area contributed by atoms with E-state index < -0.39 is 5.82 Å². The van der Waals surface area contributed by atoms with E-state index in [1.165, 1.54) is 6.21 Å². The smallest absolute Gasteiger partial charge is 0.245 e. The number of para-hydroxylation sites is 1. The topological polar surface area (TPSA) is 128 Å². The standard InChI is InChI=1S/C28H28FN7O3/c1-2-24-25(33-20-13-18(14-21(37)15-20)22-5-3-4-6-26(22)38)8-7-19(32-24)16-31-35-28-30-17-23(29)27(34-28)36-9-11-39-12-10-36/h3-8,13-17,33,37-38H,2,9-12H2,1H3,(H,30,34,35)/b31-16+. The number of hydrogen-bond donors (Lipinski definition) is 4.